The van der Waals surface area contributed by atoms with Crippen LogP contribution in [-0.2, 0) is 0 Å². The molecule has 2 atom stereocenters. The van der Waals surface area contributed by atoms with E-state index in [1.54, 1.807) is 18.0 Å². The van der Waals surface area contributed by atoms with Gasteiger partial charge in [0.25, 0.3) is 0 Å². The molecule has 6 heteroatoms. The molecule has 1 aliphatic rings. The first-order chi connectivity index (χ1) is 10.6. The Hall–Kier alpha value is -1.92. The molecule has 2 N–H and O–H groups in total. The first-order valence-corrected chi connectivity index (χ1v) is 8.20. The Labute approximate surface area is 133 Å². The molecule has 116 valence electrons. The number of aliphatic hydroxyl groups is 1. The van der Waals surface area contributed by atoms with Gasteiger partial charge in [0.1, 0.15) is 0 Å². The number of likely N-dealkylation sites (tertiary alicyclic amines) is 1. The van der Waals surface area contributed by atoms with Crippen LogP contribution >= 0.6 is 11.3 Å². The Morgan fingerprint density at radius 3 is 2.91 bits per heavy atom. The lowest BCUT2D eigenvalue weighted by molar-refractivity contribution is 0.130. The number of urea groups is 1. The van der Waals surface area contributed by atoms with E-state index in [0.717, 1.165) is 16.9 Å². The smallest absolute Gasteiger partial charge is 0.323 e. The first kappa shape index (κ1) is 15.0. The molecule has 2 amide bonds. The fourth-order valence-electron chi connectivity index (χ4n) is 2.60. The van der Waals surface area contributed by atoms with Crippen molar-refractivity contribution < 1.29 is 9.90 Å². The normalized spacial score (nSPS) is 19.2. The molecule has 0 bridgehead atoms. The van der Waals surface area contributed by atoms with Crippen LogP contribution in [0.1, 0.15) is 13.3 Å². The summed E-state index contributed by atoms with van der Waals surface area (Å²) in [6, 6.07) is 9.83. The number of carbonyl (C=O) groups is 1. The third-order valence-corrected chi connectivity index (χ3v) is 4.93. The summed E-state index contributed by atoms with van der Waals surface area (Å²) in [5.41, 5.74) is 1.09. The Kier molecular flexibility index (Phi) is 4.40. The van der Waals surface area contributed by atoms with Crippen molar-refractivity contribution in [3.05, 3.63) is 36.5 Å². The van der Waals surface area contributed by atoms with Gasteiger partial charge in [-0.15, -0.1) is 0 Å². The number of carbonyl (C=O) groups excluding carboxylic acids is 1. The molecule has 0 aliphatic carbocycles. The van der Waals surface area contributed by atoms with E-state index in [4.69, 9.17) is 0 Å². The van der Waals surface area contributed by atoms with Crippen LogP contribution in [0.5, 0.6) is 0 Å². The molecule has 2 aromatic rings. The van der Waals surface area contributed by atoms with Gasteiger partial charge in [0.15, 0.2) is 5.13 Å². The number of hydrogen-bond acceptors (Lipinski definition) is 4. The molecule has 22 heavy (non-hydrogen) atoms. The highest BCUT2D eigenvalue weighted by molar-refractivity contribution is 7.19. The molecule has 2 unspecified atom stereocenters. The van der Waals surface area contributed by atoms with Crippen molar-refractivity contribution in [1.82, 2.24) is 9.88 Å². The summed E-state index contributed by atoms with van der Waals surface area (Å²) in [7, 11) is 0. The fraction of sp³-hybridized carbons (Fsp3) is 0.375. The summed E-state index contributed by atoms with van der Waals surface area (Å²) in [4.78, 5) is 19.3. The molecule has 1 aliphatic heterocycles. The third-order valence-electron chi connectivity index (χ3n) is 3.97. The largest absolute Gasteiger partial charge is 0.393 e. The fourth-order valence-corrected chi connectivity index (χ4v) is 3.42. The SMILES string of the molecule is CC(O)C1CCN(C(=O)Nc2ncc(-c3ccccc3)s2)C1. The first-order valence-electron chi connectivity index (χ1n) is 7.38. The van der Waals surface area contributed by atoms with Crippen LogP contribution in [0, 0.1) is 5.92 Å². The van der Waals surface area contributed by atoms with E-state index in [9.17, 15) is 9.90 Å². The zero-order valence-electron chi connectivity index (χ0n) is 12.4. The van der Waals surface area contributed by atoms with Crippen molar-refractivity contribution in [2.24, 2.45) is 5.92 Å². The predicted molar refractivity (Wildman–Crippen MR) is 87.9 cm³/mol. The lowest BCUT2D eigenvalue weighted by Gasteiger charge is -2.17. The van der Waals surface area contributed by atoms with E-state index >= 15 is 0 Å². The molecule has 0 saturated carbocycles. The average Bonchev–Trinajstić information content (AvgIpc) is 3.17. The third kappa shape index (κ3) is 3.28. The maximum Gasteiger partial charge on any atom is 0.323 e. The molecule has 0 radical (unpaired) electrons. The molecule has 2 heterocycles. The number of nitrogens with zero attached hydrogens (tertiary/aromatic N) is 2. The van der Waals surface area contributed by atoms with Crippen LogP contribution in [0.25, 0.3) is 10.4 Å². The van der Waals surface area contributed by atoms with Gasteiger partial charge in [-0.05, 0) is 18.9 Å². The Morgan fingerprint density at radius 1 is 1.45 bits per heavy atom. The topological polar surface area (TPSA) is 65.5 Å². The Morgan fingerprint density at radius 2 is 2.23 bits per heavy atom. The molecule has 1 aromatic carbocycles. The molecular weight excluding hydrogens is 298 g/mol. The number of benzene rings is 1. The number of aromatic nitrogens is 1. The summed E-state index contributed by atoms with van der Waals surface area (Å²) in [5, 5.41) is 13.0. The number of nitrogens with one attached hydrogen (secondary N) is 1. The number of aliphatic hydroxyl groups excluding tert-OH is 1. The van der Waals surface area contributed by atoms with E-state index in [0.29, 0.717) is 18.2 Å². The Bertz CT molecular complexity index is 642. The number of thiazole rings is 1. The van der Waals surface area contributed by atoms with E-state index in [2.05, 4.69) is 10.3 Å². The van der Waals surface area contributed by atoms with Gasteiger partial charge in [0, 0.05) is 25.2 Å². The number of rotatable bonds is 3. The van der Waals surface area contributed by atoms with Crippen molar-refractivity contribution in [3.63, 3.8) is 0 Å². The van der Waals surface area contributed by atoms with Crippen LogP contribution < -0.4 is 5.32 Å². The number of anilines is 1. The van der Waals surface area contributed by atoms with Crippen molar-refractivity contribution in [1.29, 1.82) is 0 Å². The second-order valence-corrected chi connectivity index (χ2v) is 6.59. The van der Waals surface area contributed by atoms with Crippen molar-refractivity contribution in [2.75, 3.05) is 18.4 Å². The highest BCUT2D eigenvalue weighted by Gasteiger charge is 2.29. The second-order valence-electron chi connectivity index (χ2n) is 5.56. The van der Waals surface area contributed by atoms with Gasteiger partial charge in [-0.2, -0.15) is 0 Å². The number of amides is 2. The van der Waals surface area contributed by atoms with Crippen molar-refractivity contribution >= 4 is 22.5 Å². The van der Waals surface area contributed by atoms with Crippen LogP contribution in [0.15, 0.2) is 36.5 Å². The minimum absolute atomic E-state index is 0.142. The van der Waals surface area contributed by atoms with Gasteiger partial charge in [-0.1, -0.05) is 41.7 Å². The van der Waals surface area contributed by atoms with Gasteiger partial charge in [-0.3, -0.25) is 5.32 Å². The minimum Gasteiger partial charge on any atom is -0.393 e. The lowest BCUT2D eigenvalue weighted by Crippen LogP contribution is -2.34. The van der Waals surface area contributed by atoms with E-state index in [1.165, 1.54) is 11.3 Å². The quantitative estimate of drug-likeness (QED) is 0.914. The average molecular weight is 317 g/mol. The minimum atomic E-state index is -0.373. The zero-order chi connectivity index (χ0) is 15.5. The van der Waals surface area contributed by atoms with E-state index in [-0.39, 0.29) is 18.1 Å². The van der Waals surface area contributed by atoms with Crippen LogP contribution in [0.4, 0.5) is 9.93 Å². The summed E-state index contributed by atoms with van der Waals surface area (Å²) >= 11 is 1.46. The molecule has 1 fully saturated rings. The Balaban J connectivity index is 1.62. The van der Waals surface area contributed by atoms with Gasteiger partial charge in [-0.25, -0.2) is 9.78 Å². The summed E-state index contributed by atoms with van der Waals surface area (Å²) in [5.74, 6) is 0.168. The second kappa shape index (κ2) is 6.46. The number of hydrogen-bond donors (Lipinski definition) is 2. The standard InChI is InChI=1S/C16H19N3O2S/c1-11(20)13-7-8-19(10-13)16(21)18-15-17-9-14(22-15)12-5-3-2-4-6-12/h2-6,9,11,13,20H,7-8,10H2,1H3,(H,17,18,21). The predicted octanol–water partition coefficient (Wildman–Crippen LogP) is 3.04. The summed E-state index contributed by atoms with van der Waals surface area (Å²) in [6.45, 7) is 3.05. The van der Waals surface area contributed by atoms with Crippen LogP contribution in [-0.4, -0.2) is 40.2 Å². The van der Waals surface area contributed by atoms with Gasteiger partial charge < -0.3 is 10.0 Å². The highest BCUT2D eigenvalue weighted by atomic mass is 32.1. The molecular formula is C16H19N3O2S. The van der Waals surface area contributed by atoms with E-state index in [1.807, 2.05) is 30.3 Å². The molecule has 1 aromatic heterocycles. The van der Waals surface area contributed by atoms with Crippen molar-refractivity contribution in [2.45, 2.75) is 19.4 Å². The maximum absolute atomic E-state index is 12.2. The van der Waals surface area contributed by atoms with Crippen LogP contribution in [0.3, 0.4) is 0 Å². The molecule has 5 nitrogen and oxygen atoms in total. The lowest BCUT2D eigenvalue weighted by atomic mass is 10.0. The van der Waals surface area contributed by atoms with E-state index < -0.39 is 0 Å². The summed E-state index contributed by atoms with van der Waals surface area (Å²) < 4.78 is 0. The molecule has 0 spiro atoms. The molecule has 3 rings (SSSR count). The van der Waals surface area contributed by atoms with Gasteiger partial charge in [0.05, 0.1) is 11.0 Å². The van der Waals surface area contributed by atoms with Gasteiger partial charge in [0.2, 0.25) is 0 Å². The zero-order valence-corrected chi connectivity index (χ0v) is 13.2. The summed E-state index contributed by atoms with van der Waals surface area (Å²) in [6.07, 6.45) is 2.25. The maximum atomic E-state index is 12.2. The van der Waals surface area contributed by atoms with Gasteiger partial charge >= 0.3 is 6.03 Å². The van der Waals surface area contributed by atoms with Crippen LogP contribution in [0.2, 0.25) is 0 Å². The highest BCUT2D eigenvalue weighted by Crippen LogP contribution is 2.29. The molecule has 1 saturated heterocycles. The van der Waals surface area contributed by atoms with Crippen molar-refractivity contribution in [3.8, 4) is 10.4 Å². The monoisotopic (exact) mass is 317 g/mol.